The van der Waals surface area contributed by atoms with Crippen LogP contribution in [0.4, 0.5) is 0 Å². The SMILES string of the molecule is O=P(c1ccccc1)(c1ccccc1)c1cccc(-c2ccc3nc4c5ccccc5oc4n3c2)c1. The molecule has 0 aliphatic heterocycles. The Hall–Kier alpha value is -4.40. The Bertz CT molecular complexity index is 1880. The van der Waals surface area contributed by atoms with Gasteiger partial charge in [0.15, 0.2) is 7.14 Å². The summed E-state index contributed by atoms with van der Waals surface area (Å²) in [5.74, 6) is 0. The van der Waals surface area contributed by atoms with Crippen LogP contribution in [-0.4, -0.2) is 9.38 Å². The molecule has 5 heteroatoms. The van der Waals surface area contributed by atoms with Crippen LogP contribution in [0.15, 0.2) is 132 Å². The Kier molecular flexibility index (Phi) is 4.70. The lowest BCUT2D eigenvalue weighted by Crippen LogP contribution is -2.25. The first-order chi connectivity index (χ1) is 17.7. The number of furan rings is 1. The quantitative estimate of drug-likeness (QED) is 0.267. The van der Waals surface area contributed by atoms with Gasteiger partial charge in [0.25, 0.3) is 0 Å². The van der Waals surface area contributed by atoms with Crippen LogP contribution in [0, 0.1) is 0 Å². The second-order valence-electron chi connectivity index (χ2n) is 8.84. The van der Waals surface area contributed by atoms with E-state index >= 15 is 0 Å². The summed E-state index contributed by atoms with van der Waals surface area (Å²) in [5.41, 5.74) is 5.21. The van der Waals surface area contributed by atoms with Crippen LogP contribution < -0.4 is 15.9 Å². The average Bonchev–Trinajstić information content (AvgIpc) is 3.49. The van der Waals surface area contributed by atoms with E-state index in [9.17, 15) is 4.57 Å². The molecule has 0 atom stereocenters. The van der Waals surface area contributed by atoms with E-state index in [1.807, 2.05) is 114 Å². The Morgan fingerprint density at radius 3 is 2.06 bits per heavy atom. The lowest BCUT2D eigenvalue weighted by atomic mass is 10.1. The molecule has 0 aliphatic rings. The molecule has 172 valence electrons. The van der Waals surface area contributed by atoms with E-state index in [1.165, 1.54) is 0 Å². The molecule has 4 aromatic carbocycles. The molecule has 0 fully saturated rings. The fourth-order valence-electron chi connectivity index (χ4n) is 4.93. The molecule has 0 amide bonds. The van der Waals surface area contributed by atoms with E-state index in [1.54, 1.807) is 0 Å². The number of fused-ring (bicyclic) bond motifs is 5. The van der Waals surface area contributed by atoms with Gasteiger partial charge in [0.2, 0.25) is 5.71 Å². The lowest BCUT2D eigenvalue weighted by molar-refractivity contribution is 0.592. The minimum Gasteiger partial charge on any atom is -0.437 e. The minimum absolute atomic E-state index is 0.725. The molecular formula is C31H21N2O2P. The van der Waals surface area contributed by atoms with Crippen molar-refractivity contribution in [2.75, 3.05) is 0 Å². The monoisotopic (exact) mass is 484 g/mol. The molecule has 0 aliphatic carbocycles. The van der Waals surface area contributed by atoms with Crippen molar-refractivity contribution < 1.29 is 8.98 Å². The summed E-state index contributed by atoms with van der Waals surface area (Å²) in [6.45, 7) is 0. The minimum atomic E-state index is -3.06. The van der Waals surface area contributed by atoms with Gasteiger partial charge in [-0.3, -0.25) is 4.40 Å². The average molecular weight is 484 g/mol. The summed E-state index contributed by atoms with van der Waals surface area (Å²) in [7, 11) is -3.06. The third-order valence-corrected chi connectivity index (χ3v) is 9.76. The normalized spacial score (nSPS) is 12.0. The number of nitrogens with zero attached hydrogens (tertiary/aromatic N) is 2. The van der Waals surface area contributed by atoms with Crippen molar-refractivity contribution in [2.45, 2.75) is 0 Å². The van der Waals surface area contributed by atoms with Crippen molar-refractivity contribution in [2.24, 2.45) is 0 Å². The smallest absolute Gasteiger partial charge is 0.232 e. The summed E-state index contributed by atoms with van der Waals surface area (Å²) >= 11 is 0. The van der Waals surface area contributed by atoms with Gasteiger partial charge >= 0.3 is 0 Å². The van der Waals surface area contributed by atoms with Crippen LogP contribution in [0.1, 0.15) is 0 Å². The summed E-state index contributed by atoms with van der Waals surface area (Å²) in [4.78, 5) is 4.80. The van der Waals surface area contributed by atoms with Crippen LogP contribution in [0.5, 0.6) is 0 Å². The van der Waals surface area contributed by atoms with Gasteiger partial charge < -0.3 is 8.98 Å². The van der Waals surface area contributed by atoms with Crippen molar-refractivity contribution in [3.8, 4) is 11.1 Å². The number of para-hydroxylation sites is 1. The first-order valence-corrected chi connectivity index (χ1v) is 13.5. The van der Waals surface area contributed by atoms with E-state index in [0.29, 0.717) is 0 Å². The molecule has 0 saturated heterocycles. The van der Waals surface area contributed by atoms with Crippen molar-refractivity contribution in [1.82, 2.24) is 9.38 Å². The zero-order valence-corrected chi connectivity index (χ0v) is 20.2. The molecule has 3 heterocycles. The predicted molar refractivity (Wildman–Crippen MR) is 147 cm³/mol. The first-order valence-electron chi connectivity index (χ1n) is 11.8. The zero-order valence-electron chi connectivity index (χ0n) is 19.3. The van der Waals surface area contributed by atoms with Gasteiger partial charge in [-0.25, -0.2) is 4.98 Å². The highest BCUT2D eigenvalue weighted by Crippen LogP contribution is 2.43. The number of pyridine rings is 1. The highest BCUT2D eigenvalue weighted by atomic mass is 31.2. The fraction of sp³-hybridized carbons (Fsp3) is 0. The van der Waals surface area contributed by atoms with E-state index in [4.69, 9.17) is 9.40 Å². The number of aromatic nitrogens is 2. The van der Waals surface area contributed by atoms with Crippen molar-refractivity contribution in [3.05, 3.63) is 128 Å². The molecule has 7 rings (SSSR count). The number of hydrogen-bond acceptors (Lipinski definition) is 3. The van der Waals surface area contributed by atoms with Gasteiger partial charge in [0, 0.05) is 27.5 Å². The molecule has 36 heavy (non-hydrogen) atoms. The molecule has 7 aromatic rings. The third kappa shape index (κ3) is 3.16. The van der Waals surface area contributed by atoms with Gasteiger partial charge in [-0.15, -0.1) is 0 Å². The fourth-order valence-corrected chi connectivity index (χ4v) is 7.62. The van der Waals surface area contributed by atoms with E-state index < -0.39 is 7.14 Å². The molecule has 0 spiro atoms. The van der Waals surface area contributed by atoms with E-state index in [-0.39, 0.29) is 0 Å². The lowest BCUT2D eigenvalue weighted by Gasteiger charge is -2.20. The largest absolute Gasteiger partial charge is 0.437 e. The number of benzene rings is 4. The Balaban J connectivity index is 1.41. The van der Waals surface area contributed by atoms with Crippen LogP contribution in [0.25, 0.3) is 39.0 Å². The predicted octanol–water partition coefficient (Wildman–Crippen LogP) is 6.54. The van der Waals surface area contributed by atoms with Crippen LogP contribution >= 0.6 is 7.14 Å². The molecule has 0 unspecified atom stereocenters. The number of hydrogen-bond donors (Lipinski definition) is 0. The van der Waals surface area contributed by atoms with E-state index in [2.05, 4.69) is 18.2 Å². The van der Waals surface area contributed by atoms with Gasteiger partial charge in [0.05, 0.1) is 0 Å². The summed E-state index contributed by atoms with van der Waals surface area (Å²) in [6, 6.07) is 39.6. The van der Waals surface area contributed by atoms with Crippen molar-refractivity contribution in [3.63, 3.8) is 0 Å². The van der Waals surface area contributed by atoms with Crippen LogP contribution in [0.3, 0.4) is 0 Å². The second-order valence-corrected chi connectivity index (χ2v) is 11.6. The molecule has 4 nitrogen and oxygen atoms in total. The van der Waals surface area contributed by atoms with Gasteiger partial charge in [0.1, 0.15) is 16.7 Å². The standard InChI is InChI=1S/C31H21N2O2P/c34-36(24-11-3-1-4-12-24,25-13-5-2-6-14-25)26-15-9-10-22(20-26)23-18-19-29-32-30-27-16-7-8-17-28(27)35-31(30)33(29)21-23/h1-21H. The molecule has 0 radical (unpaired) electrons. The maximum absolute atomic E-state index is 14.8. The molecular weight excluding hydrogens is 463 g/mol. The summed E-state index contributed by atoms with van der Waals surface area (Å²) in [6.07, 6.45) is 2.04. The van der Waals surface area contributed by atoms with Gasteiger partial charge in [-0.1, -0.05) is 91.0 Å². The highest BCUT2D eigenvalue weighted by molar-refractivity contribution is 7.85. The van der Waals surface area contributed by atoms with Gasteiger partial charge in [-0.2, -0.15) is 0 Å². The van der Waals surface area contributed by atoms with Crippen LogP contribution in [0.2, 0.25) is 0 Å². The molecule has 3 aromatic heterocycles. The first kappa shape index (κ1) is 20.9. The summed E-state index contributed by atoms with van der Waals surface area (Å²) < 4.78 is 23.0. The topological polar surface area (TPSA) is 47.5 Å². The van der Waals surface area contributed by atoms with Crippen molar-refractivity contribution >= 4 is 50.9 Å². The second kappa shape index (κ2) is 8.08. The molecule has 0 bridgehead atoms. The van der Waals surface area contributed by atoms with Crippen molar-refractivity contribution in [1.29, 1.82) is 0 Å². The maximum atomic E-state index is 14.8. The highest BCUT2D eigenvalue weighted by Gasteiger charge is 2.29. The van der Waals surface area contributed by atoms with Gasteiger partial charge in [-0.05, 0) is 41.5 Å². The number of rotatable bonds is 4. The zero-order chi connectivity index (χ0) is 24.1. The Morgan fingerprint density at radius 1 is 0.639 bits per heavy atom. The molecule has 0 N–H and O–H groups in total. The number of imidazole rings is 1. The Labute approximate surface area is 207 Å². The van der Waals surface area contributed by atoms with Crippen LogP contribution in [-0.2, 0) is 4.57 Å². The summed E-state index contributed by atoms with van der Waals surface area (Å²) in [5, 5.41) is 3.45. The maximum Gasteiger partial charge on any atom is 0.232 e. The van der Waals surface area contributed by atoms with E-state index in [0.717, 1.165) is 54.9 Å². The third-order valence-electron chi connectivity index (χ3n) is 6.71. The Morgan fingerprint density at radius 2 is 1.31 bits per heavy atom. The molecule has 0 saturated carbocycles.